The number of aliphatic hydroxyl groups is 1. The van der Waals surface area contributed by atoms with Crippen LogP contribution in [0.4, 0.5) is 0 Å². The summed E-state index contributed by atoms with van der Waals surface area (Å²) in [6.45, 7) is 2.28. The van der Waals surface area contributed by atoms with Crippen molar-refractivity contribution in [3.05, 3.63) is 11.8 Å². The number of aliphatic hydroxyl groups excluding tert-OH is 1. The Hall–Kier alpha value is -0.990. The van der Waals surface area contributed by atoms with E-state index < -0.39 is 11.7 Å². The lowest BCUT2D eigenvalue weighted by atomic mass is 10.0. The Labute approximate surface area is 175 Å². The van der Waals surface area contributed by atoms with Crippen molar-refractivity contribution in [3.63, 3.8) is 0 Å². The molecule has 3 heteroatoms. The van der Waals surface area contributed by atoms with Gasteiger partial charge in [-0.2, -0.15) is 0 Å². The zero-order chi connectivity index (χ0) is 20.7. The first-order chi connectivity index (χ1) is 13.7. The summed E-state index contributed by atoms with van der Waals surface area (Å²) in [5.41, 5.74) is 0. The second kappa shape index (κ2) is 22.3. The van der Waals surface area contributed by atoms with Crippen LogP contribution in [0, 0.1) is 0 Å². The molecule has 0 saturated heterocycles. The van der Waals surface area contributed by atoms with E-state index >= 15 is 0 Å². The first kappa shape index (κ1) is 27.0. The van der Waals surface area contributed by atoms with Gasteiger partial charge in [0, 0.05) is 0 Å². The van der Waals surface area contributed by atoms with Crippen LogP contribution in [-0.4, -0.2) is 16.2 Å². The maximum Gasteiger partial charge on any atom is 0.370 e. The molecule has 3 nitrogen and oxygen atoms in total. The molecule has 0 spiro atoms. The van der Waals surface area contributed by atoms with Gasteiger partial charge in [0.15, 0.2) is 5.76 Å². The fraction of sp³-hybridized carbons (Fsp3) is 0.880. The van der Waals surface area contributed by atoms with Crippen LogP contribution in [0.5, 0.6) is 0 Å². The summed E-state index contributed by atoms with van der Waals surface area (Å²) in [6, 6.07) is 0. The molecule has 0 heterocycles. The van der Waals surface area contributed by atoms with Crippen molar-refractivity contribution in [3.8, 4) is 0 Å². The first-order valence-electron chi connectivity index (χ1n) is 12.3. The Bertz CT molecular complexity index is 363. The van der Waals surface area contributed by atoms with Gasteiger partial charge in [-0.1, -0.05) is 129 Å². The van der Waals surface area contributed by atoms with E-state index in [1.165, 1.54) is 122 Å². The van der Waals surface area contributed by atoms with Crippen molar-refractivity contribution >= 4 is 5.97 Å². The first-order valence-corrected chi connectivity index (χ1v) is 12.3. The lowest BCUT2D eigenvalue weighted by molar-refractivity contribution is -0.135. The maximum atomic E-state index is 10.4. The molecule has 2 N–H and O–H groups in total. The molecule has 0 unspecified atom stereocenters. The number of rotatable bonds is 22. The number of carboxylic acids is 1. The largest absolute Gasteiger partial charge is 0.502 e. The Kier molecular flexibility index (Phi) is 21.5. The smallest absolute Gasteiger partial charge is 0.370 e. The molecule has 166 valence electrons. The standard InChI is InChI=1S/C25H48O3/c1-2-3-4-5-6-7-8-9-10-11-12-13-14-15-16-17-18-19-20-21-22-23-24(26)25(27)28/h23,26H,2-22H2,1H3,(H,27,28). The third-order valence-electron chi connectivity index (χ3n) is 5.61. The molecule has 0 aromatic heterocycles. The van der Waals surface area contributed by atoms with Crippen LogP contribution in [0.25, 0.3) is 0 Å². The third-order valence-corrected chi connectivity index (χ3v) is 5.61. The molecule has 0 rings (SSSR count). The van der Waals surface area contributed by atoms with Crippen LogP contribution in [-0.2, 0) is 4.79 Å². The highest BCUT2D eigenvalue weighted by molar-refractivity contribution is 5.83. The summed E-state index contributed by atoms with van der Waals surface area (Å²) in [7, 11) is 0. The van der Waals surface area contributed by atoms with Gasteiger partial charge in [0.05, 0.1) is 0 Å². The predicted molar refractivity (Wildman–Crippen MR) is 121 cm³/mol. The Balaban J connectivity index is 3.09. The van der Waals surface area contributed by atoms with Crippen LogP contribution >= 0.6 is 0 Å². The van der Waals surface area contributed by atoms with E-state index in [9.17, 15) is 4.79 Å². The normalized spacial score (nSPS) is 11.8. The van der Waals surface area contributed by atoms with Crippen LogP contribution in [0.3, 0.4) is 0 Å². The number of aliphatic carboxylic acids is 1. The minimum Gasteiger partial charge on any atom is -0.502 e. The van der Waals surface area contributed by atoms with Gasteiger partial charge >= 0.3 is 5.97 Å². The third kappa shape index (κ3) is 21.3. The topological polar surface area (TPSA) is 57.5 Å². The van der Waals surface area contributed by atoms with Gasteiger partial charge in [-0.05, 0) is 18.9 Å². The van der Waals surface area contributed by atoms with E-state index in [0.717, 1.165) is 12.8 Å². The van der Waals surface area contributed by atoms with Crippen molar-refractivity contribution in [2.45, 2.75) is 142 Å². The van der Waals surface area contributed by atoms with E-state index in [4.69, 9.17) is 10.2 Å². The molecule has 0 aliphatic heterocycles. The van der Waals surface area contributed by atoms with Gasteiger partial charge in [0.1, 0.15) is 0 Å². The van der Waals surface area contributed by atoms with E-state index in [1.54, 1.807) is 0 Å². The average Bonchev–Trinajstić information content (AvgIpc) is 2.68. The quantitative estimate of drug-likeness (QED) is 0.109. The Morgan fingerprint density at radius 3 is 1.11 bits per heavy atom. The molecule has 0 saturated carbocycles. The molecule has 28 heavy (non-hydrogen) atoms. The molecule has 0 aliphatic carbocycles. The second-order valence-electron chi connectivity index (χ2n) is 8.40. The summed E-state index contributed by atoms with van der Waals surface area (Å²) in [4.78, 5) is 10.4. The number of allylic oxidation sites excluding steroid dienone is 1. The molecule has 0 aromatic carbocycles. The van der Waals surface area contributed by atoms with Crippen LogP contribution < -0.4 is 0 Å². The number of unbranched alkanes of at least 4 members (excludes halogenated alkanes) is 20. The SMILES string of the molecule is CCCCCCCCCCCCCCCCCCCCCCC=C(O)C(=O)O. The van der Waals surface area contributed by atoms with Gasteiger partial charge in [0.2, 0.25) is 0 Å². The molecular weight excluding hydrogens is 348 g/mol. The van der Waals surface area contributed by atoms with Gasteiger partial charge in [0.25, 0.3) is 0 Å². The maximum absolute atomic E-state index is 10.4. The average molecular weight is 397 g/mol. The molecule has 0 fully saturated rings. The molecule has 0 amide bonds. The minimum atomic E-state index is -1.23. The number of carbonyl (C=O) groups is 1. The lowest BCUT2D eigenvalue weighted by Gasteiger charge is -2.04. The number of hydrogen-bond acceptors (Lipinski definition) is 2. The Morgan fingerprint density at radius 2 is 0.821 bits per heavy atom. The van der Waals surface area contributed by atoms with Gasteiger partial charge in [-0.3, -0.25) is 0 Å². The van der Waals surface area contributed by atoms with Gasteiger partial charge in [-0.15, -0.1) is 0 Å². The zero-order valence-corrected chi connectivity index (χ0v) is 18.7. The summed E-state index contributed by atoms with van der Waals surface area (Å²) in [5, 5.41) is 17.6. The van der Waals surface area contributed by atoms with Crippen molar-refractivity contribution < 1.29 is 15.0 Å². The predicted octanol–water partition coefficient (Wildman–Crippen LogP) is 8.72. The number of hydrogen-bond donors (Lipinski definition) is 2. The zero-order valence-electron chi connectivity index (χ0n) is 18.7. The van der Waals surface area contributed by atoms with Crippen molar-refractivity contribution in [2.75, 3.05) is 0 Å². The van der Waals surface area contributed by atoms with E-state index in [2.05, 4.69) is 6.92 Å². The van der Waals surface area contributed by atoms with Crippen molar-refractivity contribution in [1.29, 1.82) is 0 Å². The molecule has 0 radical (unpaired) electrons. The van der Waals surface area contributed by atoms with Crippen molar-refractivity contribution in [2.24, 2.45) is 0 Å². The van der Waals surface area contributed by atoms with Gasteiger partial charge < -0.3 is 10.2 Å². The molecule has 0 aliphatic rings. The van der Waals surface area contributed by atoms with Gasteiger partial charge in [-0.25, -0.2) is 4.79 Å². The van der Waals surface area contributed by atoms with Crippen molar-refractivity contribution in [1.82, 2.24) is 0 Å². The fourth-order valence-corrected chi connectivity index (χ4v) is 3.73. The summed E-state index contributed by atoms with van der Waals surface area (Å²) >= 11 is 0. The molecule has 0 bridgehead atoms. The highest BCUT2D eigenvalue weighted by atomic mass is 16.4. The van der Waals surface area contributed by atoms with Crippen LogP contribution in [0.1, 0.15) is 142 Å². The fourth-order valence-electron chi connectivity index (χ4n) is 3.73. The Morgan fingerprint density at radius 1 is 0.536 bits per heavy atom. The number of carboxylic acid groups (broad SMARTS) is 1. The summed E-state index contributed by atoms with van der Waals surface area (Å²) < 4.78 is 0. The molecule has 0 atom stereocenters. The summed E-state index contributed by atoms with van der Waals surface area (Å²) in [6.07, 6.45) is 29.3. The minimum absolute atomic E-state index is 0.516. The summed E-state index contributed by atoms with van der Waals surface area (Å²) in [5.74, 6) is -1.74. The monoisotopic (exact) mass is 396 g/mol. The molecular formula is C25H48O3. The highest BCUT2D eigenvalue weighted by Gasteiger charge is 2.01. The van der Waals surface area contributed by atoms with E-state index in [-0.39, 0.29) is 0 Å². The van der Waals surface area contributed by atoms with E-state index in [0.29, 0.717) is 6.42 Å². The van der Waals surface area contributed by atoms with E-state index in [1.807, 2.05) is 0 Å². The highest BCUT2D eigenvalue weighted by Crippen LogP contribution is 2.15. The van der Waals surface area contributed by atoms with Crippen LogP contribution in [0.2, 0.25) is 0 Å². The second-order valence-corrected chi connectivity index (χ2v) is 8.40. The molecule has 0 aromatic rings. The lowest BCUT2D eigenvalue weighted by Crippen LogP contribution is -1.98. The van der Waals surface area contributed by atoms with Crippen LogP contribution in [0.15, 0.2) is 11.8 Å².